The molecule has 1 saturated carbocycles. The number of carbonyl (C=O) groups is 1. The molecule has 9 nitrogen and oxygen atoms in total. The number of rotatable bonds is 5. The summed E-state index contributed by atoms with van der Waals surface area (Å²) in [6, 6.07) is 3.80. The Morgan fingerprint density at radius 3 is 2.90 bits per heavy atom. The minimum absolute atomic E-state index is 0.00920. The van der Waals surface area contributed by atoms with Crippen molar-refractivity contribution in [3.8, 4) is 0 Å². The number of alkyl carbamates (subject to hydrolysis) is 1. The molecule has 2 aromatic heterocycles. The van der Waals surface area contributed by atoms with Gasteiger partial charge in [0.25, 0.3) is 0 Å². The van der Waals surface area contributed by atoms with Gasteiger partial charge in [-0.1, -0.05) is 0 Å². The molecule has 1 amide bonds. The van der Waals surface area contributed by atoms with Gasteiger partial charge in [-0.2, -0.15) is 5.10 Å². The molecule has 1 aliphatic carbocycles. The van der Waals surface area contributed by atoms with Crippen LogP contribution in [0.3, 0.4) is 0 Å². The average molecular weight is 420 g/mol. The van der Waals surface area contributed by atoms with Gasteiger partial charge in [-0.15, -0.1) is 0 Å². The van der Waals surface area contributed by atoms with E-state index in [0.717, 1.165) is 30.5 Å². The third kappa shape index (κ3) is 4.69. The highest BCUT2D eigenvalue weighted by molar-refractivity contribution is 7.90. The summed E-state index contributed by atoms with van der Waals surface area (Å²) in [7, 11) is -3.08. The van der Waals surface area contributed by atoms with Crippen molar-refractivity contribution in [3.63, 3.8) is 0 Å². The zero-order chi connectivity index (χ0) is 20.6. The van der Waals surface area contributed by atoms with Crippen molar-refractivity contribution >= 4 is 27.4 Å². The molecule has 29 heavy (non-hydrogen) atoms. The number of sulfone groups is 1. The molecule has 0 aromatic carbocycles. The smallest absolute Gasteiger partial charge is 0.407 e. The van der Waals surface area contributed by atoms with E-state index in [4.69, 9.17) is 4.74 Å². The number of aromatic amines is 1. The summed E-state index contributed by atoms with van der Waals surface area (Å²) in [6.45, 7) is 3.79. The van der Waals surface area contributed by atoms with Crippen LogP contribution in [0, 0.1) is 0 Å². The van der Waals surface area contributed by atoms with E-state index >= 15 is 0 Å². The first kappa shape index (κ1) is 19.7. The summed E-state index contributed by atoms with van der Waals surface area (Å²) in [5.74, 6) is 0.933. The third-order valence-electron chi connectivity index (χ3n) is 5.17. The minimum atomic E-state index is -3.08. The number of nitrogens with one attached hydrogen (secondary N) is 3. The van der Waals surface area contributed by atoms with E-state index in [-0.39, 0.29) is 35.7 Å². The Hall–Kier alpha value is -2.62. The number of fused-ring (bicyclic) bond motifs is 1. The Kier molecular flexibility index (Phi) is 5.20. The fourth-order valence-electron chi connectivity index (χ4n) is 3.87. The van der Waals surface area contributed by atoms with Crippen LogP contribution in [0.15, 0.2) is 18.3 Å². The third-order valence-corrected chi connectivity index (χ3v) is 6.63. The van der Waals surface area contributed by atoms with Crippen LogP contribution in [0.25, 0.3) is 0 Å². The quantitative estimate of drug-likeness (QED) is 0.680. The molecular weight excluding hydrogens is 394 g/mol. The number of pyridine rings is 1. The molecule has 0 radical (unpaired) electrons. The van der Waals surface area contributed by atoms with E-state index in [1.807, 2.05) is 26.0 Å². The fourth-order valence-corrected chi connectivity index (χ4v) is 5.37. The van der Waals surface area contributed by atoms with Crippen molar-refractivity contribution in [2.24, 2.45) is 0 Å². The second-order valence-electron chi connectivity index (χ2n) is 8.03. The predicted molar refractivity (Wildman–Crippen MR) is 108 cm³/mol. The normalized spacial score (nSPS) is 22.4. The maximum Gasteiger partial charge on any atom is 0.407 e. The summed E-state index contributed by atoms with van der Waals surface area (Å²) < 4.78 is 29.0. The SMILES string of the molecule is CC(C)NC(=O)O[C@@H]1CC[C@H](c2cc(Nc3cnc4c(c3)CS(=O)(=O)C4)n[nH]2)C1. The molecular formula is C19H25N5O4S. The Morgan fingerprint density at radius 2 is 2.10 bits per heavy atom. The first-order chi connectivity index (χ1) is 13.8. The largest absolute Gasteiger partial charge is 0.446 e. The highest BCUT2D eigenvalue weighted by Gasteiger charge is 2.30. The first-order valence-electron chi connectivity index (χ1n) is 9.75. The van der Waals surface area contributed by atoms with E-state index in [1.54, 1.807) is 6.20 Å². The number of aromatic nitrogens is 3. The van der Waals surface area contributed by atoms with Crippen LogP contribution in [0.1, 0.15) is 56.0 Å². The van der Waals surface area contributed by atoms with Gasteiger partial charge in [-0.3, -0.25) is 10.1 Å². The van der Waals surface area contributed by atoms with Crippen LogP contribution < -0.4 is 10.6 Å². The van der Waals surface area contributed by atoms with Crippen molar-refractivity contribution < 1.29 is 17.9 Å². The van der Waals surface area contributed by atoms with Gasteiger partial charge < -0.3 is 15.4 Å². The van der Waals surface area contributed by atoms with Crippen molar-refractivity contribution in [2.75, 3.05) is 5.32 Å². The van der Waals surface area contributed by atoms with Gasteiger partial charge >= 0.3 is 6.09 Å². The topological polar surface area (TPSA) is 126 Å². The minimum Gasteiger partial charge on any atom is -0.446 e. The predicted octanol–water partition coefficient (Wildman–Crippen LogP) is 2.75. The van der Waals surface area contributed by atoms with Gasteiger partial charge in [0.05, 0.1) is 29.1 Å². The molecule has 3 N–H and O–H groups in total. The standard InChI is InChI=1S/C19H25N5O4S/c1-11(2)21-19(25)28-15-4-3-12(6-15)16-7-18(24-23-16)22-14-5-13-9-29(26,27)10-17(13)20-8-14/h5,7-8,11-12,15H,3-4,6,9-10H2,1-2H3,(H,21,25)(H2,22,23,24)/t12-,15+/m0/s1. The van der Waals surface area contributed by atoms with Gasteiger partial charge in [0.1, 0.15) is 6.10 Å². The molecule has 1 fully saturated rings. The number of ether oxygens (including phenoxy) is 1. The number of amides is 1. The van der Waals surface area contributed by atoms with Crippen molar-refractivity contribution in [1.82, 2.24) is 20.5 Å². The van der Waals surface area contributed by atoms with E-state index in [1.165, 1.54) is 0 Å². The van der Waals surface area contributed by atoms with Crippen LogP contribution >= 0.6 is 0 Å². The van der Waals surface area contributed by atoms with Gasteiger partial charge in [0, 0.05) is 23.7 Å². The molecule has 1 aliphatic heterocycles. The molecule has 2 aromatic rings. The second-order valence-corrected chi connectivity index (χ2v) is 10.1. The summed E-state index contributed by atoms with van der Waals surface area (Å²) in [5, 5.41) is 13.3. The van der Waals surface area contributed by atoms with Crippen LogP contribution in [0.5, 0.6) is 0 Å². The van der Waals surface area contributed by atoms with E-state index in [2.05, 4.69) is 25.8 Å². The number of nitrogens with zero attached hydrogens (tertiary/aromatic N) is 2. The lowest BCUT2D eigenvalue weighted by molar-refractivity contribution is 0.0981. The summed E-state index contributed by atoms with van der Waals surface area (Å²) >= 11 is 0. The van der Waals surface area contributed by atoms with Gasteiger partial charge in [0.2, 0.25) is 0 Å². The Balaban J connectivity index is 1.36. The molecule has 0 bridgehead atoms. The number of carbonyl (C=O) groups excluding carboxylic acids is 1. The van der Waals surface area contributed by atoms with E-state index in [0.29, 0.717) is 17.2 Å². The molecule has 156 valence electrons. The first-order valence-corrected chi connectivity index (χ1v) is 11.6. The lowest BCUT2D eigenvalue weighted by Crippen LogP contribution is -2.33. The summed E-state index contributed by atoms with van der Waals surface area (Å²) in [4.78, 5) is 16.0. The van der Waals surface area contributed by atoms with Crippen LogP contribution in [-0.4, -0.2) is 41.8 Å². The molecule has 10 heteroatoms. The molecule has 0 saturated heterocycles. The van der Waals surface area contributed by atoms with Crippen LogP contribution in [-0.2, 0) is 26.1 Å². The molecule has 3 heterocycles. The lowest BCUT2D eigenvalue weighted by atomic mass is 10.0. The second kappa shape index (κ2) is 7.66. The van der Waals surface area contributed by atoms with E-state index < -0.39 is 9.84 Å². The Labute approximate surface area is 169 Å². The average Bonchev–Trinajstić information content (AvgIpc) is 3.31. The molecule has 0 unspecified atom stereocenters. The molecule has 0 spiro atoms. The van der Waals surface area contributed by atoms with Crippen molar-refractivity contribution in [3.05, 3.63) is 35.3 Å². The van der Waals surface area contributed by atoms with Crippen molar-refractivity contribution in [1.29, 1.82) is 0 Å². The summed E-state index contributed by atoms with van der Waals surface area (Å²) in [5.41, 5.74) is 3.05. The van der Waals surface area contributed by atoms with Crippen LogP contribution in [0.2, 0.25) is 0 Å². The maximum atomic E-state index is 11.8. The van der Waals surface area contributed by atoms with Gasteiger partial charge in [0.15, 0.2) is 15.7 Å². The highest BCUT2D eigenvalue weighted by Crippen LogP contribution is 2.36. The maximum absolute atomic E-state index is 11.8. The Morgan fingerprint density at radius 1 is 1.28 bits per heavy atom. The Bertz CT molecular complexity index is 1020. The monoisotopic (exact) mass is 419 g/mol. The summed E-state index contributed by atoms with van der Waals surface area (Å²) in [6.07, 6.45) is 3.65. The van der Waals surface area contributed by atoms with E-state index in [9.17, 15) is 13.2 Å². The molecule has 2 atom stereocenters. The molecule has 2 aliphatic rings. The number of anilines is 2. The number of hydrogen-bond donors (Lipinski definition) is 3. The number of hydrogen-bond acceptors (Lipinski definition) is 7. The number of H-pyrrole nitrogens is 1. The lowest BCUT2D eigenvalue weighted by Gasteiger charge is -2.14. The molecule has 4 rings (SSSR count). The zero-order valence-corrected chi connectivity index (χ0v) is 17.3. The fraction of sp³-hybridized carbons (Fsp3) is 0.526. The van der Waals surface area contributed by atoms with Gasteiger partial charge in [-0.05, 0) is 44.7 Å². The van der Waals surface area contributed by atoms with Gasteiger partial charge in [-0.25, -0.2) is 13.2 Å². The van der Waals surface area contributed by atoms with Crippen LogP contribution in [0.4, 0.5) is 16.3 Å². The van der Waals surface area contributed by atoms with Crippen molar-refractivity contribution in [2.45, 2.75) is 62.7 Å². The zero-order valence-electron chi connectivity index (χ0n) is 16.4. The highest BCUT2D eigenvalue weighted by atomic mass is 32.2.